The van der Waals surface area contributed by atoms with Crippen LogP contribution in [0.1, 0.15) is 6.42 Å². The number of methoxy groups -OCH3 is 1. The molecule has 0 unspecified atom stereocenters. The second-order valence-electron chi connectivity index (χ2n) is 5.31. The molecule has 0 saturated carbocycles. The van der Waals surface area contributed by atoms with Gasteiger partial charge in [0.15, 0.2) is 0 Å². The van der Waals surface area contributed by atoms with Gasteiger partial charge in [0.2, 0.25) is 5.91 Å². The highest BCUT2D eigenvalue weighted by molar-refractivity contribution is 7.99. The Hall–Kier alpha value is -2.13. The first kappa shape index (κ1) is 16.7. The molecule has 9 heteroatoms. The van der Waals surface area contributed by atoms with Gasteiger partial charge in [-0.2, -0.15) is 16.9 Å². The van der Waals surface area contributed by atoms with Crippen LogP contribution in [0.4, 0.5) is 11.4 Å². The summed E-state index contributed by atoms with van der Waals surface area (Å²) in [7, 11) is 1.56. The third-order valence-electron chi connectivity index (χ3n) is 3.61. The highest BCUT2D eigenvalue weighted by atomic mass is 32.2. The quantitative estimate of drug-likeness (QED) is 0.839. The zero-order valence-corrected chi connectivity index (χ0v) is 14.3. The van der Waals surface area contributed by atoms with E-state index in [1.165, 1.54) is 0 Å². The number of ether oxygens (including phenoxy) is 1. The molecular weight excluding hydrogens is 328 g/mol. The van der Waals surface area contributed by atoms with Gasteiger partial charge >= 0.3 is 0 Å². The van der Waals surface area contributed by atoms with E-state index in [4.69, 9.17) is 4.74 Å². The molecule has 24 heavy (non-hydrogen) atoms. The Balaban J connectivity index is 1.63. The molecular formula is C15H20N6O2S. The first-order chi connectivity index (χ1) is 11.8. The molecule has 1 N–H and O–H groups in total. The topological polar surface area (TPSA) is 85.2 Å². The molecule has 2 aromatic heterocycles. The van der Waals surface area contributed by atoms with Gasteiger partial charge in [0.25, 0.3) is 5.95 Å². The third-order valence-corrected chi connectivity index (χ3v) is 4.55. The summed E-state index contributed by atoms with van der Waals surface area (Å²) < 4.78 is 6.42. The van der Waals surface area contributed by atoms with E-state index in [-0.39, 0.29) is 5.91 Å². The molecule has 128 valence electrons. The first-order valence-electron chi connectivity index (χ1n) is 7.75. The second-order valence-corrected chi connectivity index (χ2v) is 6.53. The average molecular weight is 348 g/mol. The van der Waals surface area contributed by atoms with Crippen molar-refractivity contribution in [1.82, 2.24) is 19.7 Å². The summed E-state index contributed by atoms with van der Waals surface area (Å²) in [6, 6.07) is 0. The molecule has 0 aromatic carbocycles. The molecule has 8 nitrogen and oxygen atoms in total. The normalized spacial score (nSPS) is 14.6. The summed E-state index contributed by atoms with van der Waals surface area (Å²) in [6.45, 7) is 2.43. The maximum atomic E-state index is 11.7. The van der Waals surface area contributed by atoms with Gasteiger partial charge in [-0.25, -0.2) is 14.6 Å². The van der Waals surface area contributed by atoms with Crippen molar-refractivity contribution in [2.24, 2.45) is 0 Å². The summed E-state index contributed by atoms with van der Waals surface area (Å²) in [5, 5.41) is 6.95. The van der Waals surface area contributed by atoms with Crippen molar-refractivity contribution in [2.45, 2.75) is 6.42 Å². The van der Waals surface area contributed by atoms with Gasteiger partial charge in [0, 0.05) is 31.7 Å². The van der Waals surface area contributed by atoms with Crippen LogP contribution in [0.5, 0.6) is 0 Å². The fourth-order valence-electron chi connectivity index (χ4n) is 2.33. The first-order valence-corrected chi connectivity index (χ1v) is 8.90. The number of nitrogens with one attached hydrogen (secondary N) is 1. The molecule has 3 heterocycles. The van der Waals surface area contributed by atoms with Crippen molar-refractivity contribution < 1.29 is 9.53 Å². The monoisotopic (exact) mass is 348 g/mol. The van der Waals surface area contributed by atoms with Crippen molar-refractivity contribution in [3.8, 4) is 5.95 Å². The number of nitrogens with zero attached hydrogens (tertiary/aromatic N) is 5. The lowest BCUT2D eigenvalue weighted by atomic mass is 10.4. The molecule has 1 saturated heterocycles. The lowest BCUT2D eigenvalue weighted by Gasteiger charge is -2.27. The van der Waals surface area contributed by atoms with Crippen LogP contribution in [-0.4, -0.2) is 64.0 Å². The fraction of sp³-hybridized carbons (Fsp3) is 0.467. The lowest BCUT2D eigenvalue weighted by Crippen LogP contribution is -2.32. The van der Waals surface area contributed by atoms with Crippen LogP contribution < -0.4 is 10.2 Å². The molecule has 0 atom stereocenters. The van der Waals surface area contributed by atoms with E-state index >= 15 is 0 Å². The van der Waals surface area contributed by atoms with Crippen molar-refractivity contribution in [2.75, 3.05) is 48.5 Å². The number of hydrogen-bond donors (Lipinski definition) is 1. The van der Waals surface area contributed by atoms with Crippen molar-refractivity contribution in [1.29, 1.82) is 0 Å². The Morgan fingerprint density at radius 3 is 2.75 bits per heavy atom. The lowest BCUT2D eigenvalue weighted by molar-refractivity contribution is -0.117. The SMILES string of the molecule is COCCC(=O)Nc1cnn(-c2ncc(N3CCSCC3)cn2)c1. The molecule has 3 rings (SSSR count). The third kappa shape index (κ3) is 4.24. The van der Waals surface area contributed by atoms with Crippen LogP contribution in [0.3, 0.4) is 0 Å². The predicted octanol–water partition coefficient (Wildman–Crippen LogP) is 1.19. The zero-order chi connectivity index (χ0) is 16.8. The molecule has 1 amide bonds. The summed E-state index contributed by atoms with van der Waals surface area (Å²) >= 11 is 1.97. The van der Waals surface area contributed by atoms with E-state index < -0.39 is 0 Å². The molecule has 0 bridgehead atoms. The number of carbonyl (C=O) groups is 1. The molecule has 0 radical (unpaired) electrons. The van der Waals surface area contributed by atoms with E-state index in [0.717, 1.165) is 30.3 Å². The molecule has 0 aliphatic carbocycles. The fourth-order valence-corrected chi connectivity index (χ4v) is 3.24. The van der Waals surface area contributed by atoms with E-state index in [1.807, 2.05) is 24.2 Å². The van der Waals surface area contributed by atoms with E-state index in [1.54, 1.807) is 24.2 Å². The van der Waals surface area contributed by atoms with Gasteiger partial charge in [-0.05, 0) is 0 Å². The van der Waals surface area contributed by atoms with E-state index in [2.05, 4.69) is 25.3 Å². The number of rotatable bonds is 6. The van der Waals surface area contributed by atoms with E-state index in [0.29, 0.717) is 24.7 Å². The van der Waals surface area contributed by atoms with Gasteiger partial charge in [-0.3, -0.25) is 4.79 Å². The maximum Gasteiger partial charge on any atom is 0.250 e. The molecule has 1 fully saturated rings. The Bertz CT molecular complexity index is 669. The van der Waals surface area contributed by atoms with Crippen LogP contribution in [0.15, 0.2) is 24.8 Å². The summed E-state index contributed by atoms with van der Waals surface area (Å²) in [4.78, 5) is 22.7. The van der Waals surface area contributed by atoms with Gasteiger partial charge in [-0.15, -0.1) is 0 Å². The van der Waals surface area contributed by atoms with Crippen LogP contribution in [0, 0.1) is 0 Å². The maximum absolute atomic E-state index is 11.7. The van der Waals surface area contributed by atoms with Gasteiger partial charge in [0.1, 0.15) is 0 Å². The van der Waals surface area contributed by atoms with Crippen molar-refractivity contribution in [3.63, 3.8) is 0 Å². The number of aromatic nitrogens is 4. The highest BCUT2D eigenvalue weighted by Gasteiger charge is 2.13. The number of anilines is 2. The summed E-state index contributed by atoms with van der Waals surface area (Å²) in [5.41, 5.74) is 1.64. The van der Waals surface area contributed by atoms with E-state index in [9.17, 15) is 4.79 Å². The minimum Gasteiger partial charge on any atom is -0.384 e. The van der Waals surface area contributed by atoms with Gasteiger partial charge < -0.3 is 15.0 Å². The molecule has 0 spiro atoms. The summed E-state index contributed by atoms with van der Waals surface area (Å²) in [5.74, 6) is 2.62. The van der Waals surface area contributed by atoms with Crippen LogP contribution in [0.2, 0.25) is 0 Å². The number of carbonyl (C=O) groups excluding carboxylic acids is 1. The van der Waals surface area contributed by atoms with Gasteiger partial charge in [-0.1, -0.05) is 0 Å². The van der Waals surface area contributed by atoms with Gasteiger partial charge in [0.05, 0.1) is 49.2 Å². The number of thioether (sulfide) groups is 1. The predicted molar refractivity (Wildman–Crippen MR) is 93.8 cm³/mol. The Morgan fingerprint density at radius 1 is 1.29 bits per heavy atom. The Labute approximate surface area is 144 Å². The average Bonchev–Trinajstić information content (AvgIpc) is 3.09. The van der Waals surface area contributed by atoms with Crippen LogP contribution >= 0.6 is 11.8 Å². The number of hydrogen-bond acceptors (Lipinski definition) is 7. The largest absolute Gasteiger partial charge is 0.384 e. The highest BCUT2D eigenvalue weighted by Crippen LogP contribution is 2.18. The summed E-state index contributed by atoms with van der Waals surface area (Å²) in [6.07, 6.45) is 7.20. The van der Waals surface area contributed by atoms with Crippen LogP contribution in [0.25, 0.3) is 5.95 Å². The van der Waals surface area contributed by atoms with Crippen molar-refractivity contribution in [3.05, 3.63) is 24.8 Å². The van der Waals surface area contributed by atoms with Crippen LogP contribution in [-0.2, 0) is 9.53 Å². The number of amides is 1. The standard InChI is InChI=1S/C15H20N6O2S/c1-23-5-2-14(22)19-12-8-18-21(11-12)15-16-9-13(10-17-15)20-3-6-24-7-4-20/h8-11H,2-7H2,1H3,(H,19,22). The Morgan fingerprint density at radius 2 is 2.04 bits per heavy atom. The molecule has 1 aliphatic rings. The zero-order valence-electron chi connectivity index (χ0n) is 13.5. The second kappa shape index (κ2) is 8.11. The smallest absolute Gasteiger partial charge is 0.250 e. The van der Waals surface area contributed by atoms with Crippen molar-refractivity contribution >= 4 is 29.0 Å². The minimum absolute atomic E-state index is 0.115. The molecule has 2 aromatic rings. The molecule has 1 aliphatic heterocycles. The Kier molecular flexibility index (Phi) is 5.65. The minimum atomic E-state index is -0.115.